The highest BCUT2D eigenvalue weighted by molar-refractivity contribution is 6.32. The van der Waals surface area contributed by atoms with Crippen molar-refractivity contribution in [3.05, 3.63) is 77.8 Å². The Balaban J connectivity index is 0.997. The Kier molecular flexibility index (Phi) is 7.36. The summed E-state index contributed by atoms with van der Waals surface area (Å²) in [4.78, 5) is 32.1. The van der Waals surface area contributed by atoms with Crippen LogP contribution in [0.3, 0.4) is 0 Å². The summed E-state index contributed by atoms with van der Waals surface area (Å²) in [6.45, 7) is 4.40. The van der Waals surface area contributed by atoms with E-state index in [2.05, 4.69) is 39.4 Å². The molecule has 0 saturated carbocycles. The van der Waals surface area contributed by atoms with Crippen LogP contribution in [0.1, 0.15) is 6.42 Å². The zero-order valence-corrected chi connectivity index (χ0v) is 22.8. The Morgan fingerprint density at radius 1 is 0.950 bits per heavy atom. The van der Waals surface area contributed by atoms with Crippen LogP contribution in [0, 0.1) is 5.92 Å². The molecule has 3 aromatic carbocycles. The van der Waals surface area contributed by atoms with Gasteiger partial charge in [0, 0.05) is 55.0 Å². The van der Waals surface area contributed by atoms with Crippen LogP contribution in [-0.4, -0.2) is 72.5 Å². The van der Waals surface area contributed by atoms with Crippen molar-refractivity contribution >= 4 is 45.8 Å². The molecule has 1 aromatic heterocycles. The number of para-hydroxylation sites is 1. The number of phenols is 1. The number of anilines is 2. The fourth-order valence-electron chi connectivity index (χ4n) is 5.50. The monoisotopic (exact) mass is 558 g/mol. The minimum atomic E-state index is -0.198. The second-order valence-corrected chi connectivity index (χ2v) is 10.8. The lowest BCUT2D eigenvalue weighted by atomic mass is 10.1. The number of furan rings is 1. The summed E-state index contributed by atoms with van der Waals surface area (Å²) in [7, 11) is 0. The normalized spacial score (nSPS) is 17.9. The number of amides is 2. The number of carbonyl (C=O) groups excluding carboxylic acids is 2. The smallest absolute Gasteiger partial charge is 0.236 e. The Bertz CT molecular complexity index is 1510. The number of aromatic hydroxyl groups is 1. The fourth-order valence-corrected chi connectivity index (χ4v) is 5.69. The van der Waals surface area contributed by atoms with Gasteiger partial charge in [-0.15, -0.1) is 0 Å². The molecule has 0 spiro atoms. The van der Waals surface area contributed by atoms with Crippen molar-refractivity contribution in [1.82, 2.24) is 9.80 Å². The number of nitrogens with one attached hydrogen (secondary N) is 1. The van der Waals surface area contributed by atoms with Crippen molar-refractivity contribution in [3.8, 4) is 17.1 Å². The van der Waals surface area contributed by atoms with Gasteiger partial charge < -0.3 is 24.6 Å². The second kappa shape index (κ2) is 11.2. The molecule has 0 radical (unpaired) electrons. The van der Waals surface area contributed by atoms with E-state index < -0.39 is 0 Å². The van der Waals surface area contributed by atoms with E-state index in [4.69, 9.17) is 16.0 Å². The first kappa shape index (κ1) is 26.2. The maximum Gasteiger partial charge on any atom is 0.236 e. The highest BCUT2D eigenvalue weighted by Gasteiger charge is 2.31. The van der Waals surface area contributed by atoms with E-state index in [1.54, 1.807) is 6.07 Å². The number of hydrogen-bond acceptors (Lipinski definition) is 6. The Morgan fingerprint density at radius 3 is 2.58 bits per heavy atom. The Labute approximate surface area is 237 Å². The summed E-state index contributed by atoms with van der Waals surface area (Å²) < 4.78 is 6.05. The number of fused-ring (bicyclic) bond motifs is 1. The number of hydrogen-bond donors (Lipinski definition) is 2. The molecule has 0 bridgehead atoms. The molecular formula is C31H31ClN4O4. The van der Waals surface area contributed by atoms with Crippen LogP contribution in [0.2, 0.25) is 5.02 Å². The first-order chi connectivity index (χ1) is 19.4. The van der Waals surface area contributed by atoms with Crippen LogP contribution < -0.4 is 10.2 Å². The minimum absolute atomic E-state index is 0.0257. The van der Waals surface area contributed by atoms with E-state index in [9.17, 15) is 14.7 Å². The SMILES string of the molecule is O=C(Nc1ccc(O)c(Cl)c1)[C@@H]1CCN(CC(=O)N2CCN(c3cccc(-c4cc5ccccc5o4)c3)CC2)C1. The van der Waals surface area contributed by atoms with Crippen molar-refractivity contribution in [1.29, 1.82) is 0 Å². The zero-order valence-electron chi connectivity index (χ0n) is 22.1. The van der Waals surface area contributed by atoms with Crippen molar-refractivity contribution in [2.45, 2.75) is 6.42 Å². The molecule has 9 heteroatoms. The maximum atomic E-state index is 13.1. The van der Waals surface area contributed by atoms with Gasteiger partial charge in [-0.05, 0) is 55.4 Å². The molecule has 2 N–H and O–H groups in total. The molecule has 8 nitrogen and oxygen atoms in total. The van der Waals surface area contributed by atoms with Crippen LogP contribution >= 0.6 is 11.6 Å². The lowest BCUT2D eigenvalue weighted by Crippen LogP contribution is -2.51. The molecule has 0 unspecified atom stereocenters. The molecule has 0 aliphatic carbocycles. The third-order valence-electron chi connectivity index (χ3n) is 7.77. The standard InChI is InChI=1S/C31H31ClN4O4/c32-26-18-24(8-9-27(26)37)33-31(39)23-10-11-34(19-23)20-30(38)36-14-12-35(13-15-36)25-6-3-5-21(16-25)29-17-22-4-1-2-7-28(22)40-29/h1-9,16-18,23,37H,10-15,19-20H2,(H,33,39)/t23-/m1/s1. The summed E-state index contributed by atoms with van der Waals surface area (Å²) in [5.41, 5.74) is 3.58. The molecule has 2 amide bonds. The average Bonchev–Trinajstić information content (AvgIpc) is 3.63. The summed E-state index contributed by atoms with van der Waals surface area (Å²) in [6, 6.07) is 23.0. The number of likely N-dealkylation sites (tertiary alicyclic amines) is 1. The van der Waals surface area contributed by atoms with Gasteiger partial charge in [0.1, 0.15) is 17.1 Å². The number of piperazine rings is 1. The number of halogens is 1. The first-order valence-electron chi connectivity index (χ1n) is 13.6. The number of phenolic OH excluding ortho intramolecular Hbond substituents is 1. The molecule has 3 heterocycles. The Morgan fingerprint density at radius 2 is 1.77 bits per heavy atom. The summed E-state index contributed by atoms with van der Waals surface area (Å²) in [5.74, 6) is 0.622. The van der Waals surface area contributed by atoms with Gasteiger partial charge in [0.05, 0.1) is 17.5 Å². The van der Waals surface area contributed by atoms with E-state index in [0.717, 1.165) is 41.1 Å². The van der Waals surface area contributed by atoms with Crippen LogP contribution in [0.15, 0.2) is 77.2 Å². The van der Waals surface area contributed by atoms with E-state index >= 15 is 0 Å². The quantitative estimate of drug-likeness (QED) is 0.321. The number of benzene rings is 3. The molecule has 4 aromatic rings. The second-order valence-electron chi connectivity index (χ2n) is 10.4. The van der Waals surface area contributed by atoms with Gasteiger partial charge >= 0.3 is 0 Å². The molecule has 2 aliphatic rings. The molecule has 206 valence electrons. The largest absolute Gasteiger partial charge is 0.506 e. The van der Waals surface area contributed by atoms with E-state index in [-0.39, 0.29) is 28.5 Å². The van der Waals surface area contributed by atoms with Crippen LogP contribution in [0.5, 0.6) is 5.75 Å². The fraction of sp³-hybridized carbons (Fsp3) is 0.290. The molecule has 2 aliphatic heterocycles. The highest BCUT2D eigenvalue weighted by Crippen LogP contribution is 2.31. The topological polar surface area (TPSA) is 89.3 Å². The molecule has 40 heavy (non-hydrogen) atoms. The summed E-state index contributed by atoms with van der Waals surface area (Å²) in [6.07, 6.45) is 0.695. The van der Waals surface area contributed by atoms with E-state index in [1.807, 2.05) is 35.2 Å². The number of nitrogens with zero attached hydrogens (tertiary/aromatic N) is 3. The van der Waals surface area contributed by atoms with Gasteiger partial charge in [0.25, 0.3) is 0 Å². The van der Waals surface area contributed by atoms with Gasteiger partial charge in [-0.3, -0.25) is 14.5 Å². The zero-order chi connectivity index (χ0) is 27.6. The van der Waals surface area contributed by atoms with E-state index in [1.165, 1.54) is 12.1 Å². The van der Waals surface area contributed by atoms with Crippen LogP contribution in [0.25, 0.3) is 22.3 Å². The van der Waals surface area contributed by atoms with Gasteiger partial charge in [-0.1, -0.05) is 41.9 Å². The molecule has 2 fully saturated rings. The van der Waals surface area contributed by atoms with Crippen molar-refractivity contribution in [2.24, 2.45) is 5.92 Å². The predicted molar refractivity (Wildman–Crippen MR) is 157 cm³/mol. The van der Waals surface area contributed by atoms with Crippen molar-refractivity contribution in [2.75, 3.05) is 56.0 Å². The maximum absolute atomic E-state index is 13.1. The average molecular weight is 559 g/mol. The third-order valence-corrected chi connectivity index (χ3v) is 8.07. The van der Waals surface area contributed by atoms with Gasteiger partial charge in [0.15, 0.2) is 0 Å². The van der Waals surface area contributed by atoms with Crippen molar-refractivity contribution in [3.63, 3.8) is 0 Å². The minimum Gasteiger partial charge on any atom is -0.506 e. The van der Waals surface area contributed by atoms with Gasteiger partial charge in [-0.2, -0.15) is 0 Å². The van der Waals surface area contributed by atoms with Crippen LogP contribution in [-0.2, 0) is 9.59 Å². The third kappa shape index (κ3) is 5.64. The number of carbonyl (C=O) groups is 2. The van der Waals surface area contributed by atoms with E-state index in [0.29, 0.717) is 44.8 Å². The highest BCUT2D eigenvalue weighted by atomic mass is 35.5. The number of rotatable bonds is 6. The Hall–Kier alpha value is -4.01. The van der Waals surface area contributed by atoms with Crippen LogP contribution in [0.4, 0.5) is 11.4 Å². The molecule has 1 atom stereocenters. The predicted octanol–water partition coefficient (Wildman–Crippen LogP) is 5.07. The van der Waals surface area contributed by atoms with Gasteiger partial charge in [0.2, 0.25) is 11.8 Å². The van der Waals surface area contributed by atoms with Crippen molar-refractivity contribution < 1.29 is 19.1 Å². The molecular weight excluding hydrogens is 528 g/mol. The lowest BCUT2D eigenvalue weighted by Gasteiger charge is -2.37. The molecule has 6 rings (SSSR count). The molecule has 2 saturated heterocycles. The summed E-state index contributed by atoms with van der Waals surface area (Å²) in [5, 5.41) is 13.7. The summed E-state index contributed by atoms with van der Waals surface area (Å²) >= 11 is 5.94. The first-order valence-corrected chi connectivity index (χ1v) is 13.9. The van der Waals surface area contributed by atoms with Gasteiger partial charge in [-0.25, -0.2) is 0 Å². The lowest BCUT2D eigenvalue weighted by molar-refractivity contribution is -0.132.